The molecule has 0 bridgehead atoms. The summed E-state index contributed by atoms with van der Waals surface area (Å²) in [6.45, 7) is 0. The average molecular weight is 399 g/mol. The molecule has 134 valence electrons. The summed E-state index contributed by atoms with van der Waals surface area (Å²) in [5.74, 6) is -1.20. The predicted octanol–water partition coefficient (Wildman–Crippen LogP) is 2.87. The van der Waals surface area contributed by atoms with Crippen LogP contribution < -0.4 is 16.4 Å². The highest BCUT2D eigenvalue weighted by Gasteiger charge is 2.19. The summed E-state index contributed by atoms with van der Waals surface area (Å²) >= 11 is 7.49. The lowest BCUT2D eigenvalue weighted by Gasteiger charge is -2.07. The van der Waals surface area contributed by atoms with Crippen molar-refractivity contribution in [3.63, 3.8) is 0 Å². The topological polar surface area (TPSA) is 104 Å². The predicted molar refractivity (Wildman–Crippen MR) is 104 cm³/mol. The number of nitrogens with zero attached hydrogens (tertiary/aromatic N) is 1. The highest BCUT2D eigenvalue weighted by molar-refractivity contribution is 7.21. The summed E-state index contributed by atoms with van der Waals surface area (Å²) in [6, 6.07) is 13.9. The Hall–Kier alpha value is -3.23. The molecule has 2 heterocycles. The normalized spacial score (nSPS) is 10.9. The third-order valence-corrected chi connectivity index (χ3v) is 5.62. The van der Waals surface area contributed by atoms with Gasteiger partial charge in [0.15, 0.2) is 5.69 Å². The van der Waals surface area contributed by atoms with Gasteiger partial charge in [0.25, 0.3) is 17.4 Å². The second kappa shape index (κ2) is 6.82. The molecular weight excluding hydrogens is 388 g/mol. The van der Waals surface area contributed by atoms with Crippen LogP contribution in [0.15, 0.2) is 53.3 Å². The van der Waals surface area contributed by atoms with Crippen molar-refractivity contribution in [1.29, 1.82) is 0 Å². The van der Waals surface area contributed by atoms with E-state index in [-0.39, 0.29) is 10.6 Å². The zero-order valence-corrected chi connectivity index (χ0v) is 15.1. The minimum Gasteiger partial charge on any atom is -0.267 e. The molecule has 2 aromatic carbocycles. The Balaban J connectivity index is 1.57. The number of hydrogen-bond donors (Lipinski definition) is 3. The molecule has 0 spiro atoms. The van der Waals surface area contributed by atoms with Crippen LogP contribution in [0.3, 0.4) is 0 Å². The van der Waals surface area contributed by atoms with Crippen molar-refractivity contribution < 1.29 is 9.59 Å². The van der Waals surface area contributed by atoms with Crippen molar-refractivity contribution >= 4 is 55.6 Å². The number of amides is 2. The maximum atomic E-state index is 12.4. The van der Waals surface area contributed by atoms with Crippen LogP contribution in [0.2, 0.25) is 5.02 Å². The SMILES string of the molecule is O=C(NNC(=O)c1n[nH]c(=O)c2ccccc12)c1sc2ccccc2c1Cl. The highest BCUT2D eigenvalue weighted by Crippen LogP contribution is 2.34. The van der Waals surface area contributed by atoms with E-state index in [1.807, 2.05) is 24.3 Å². The van der Waals surface area contributed by atoms with Crippen LogP contribution in [0.25, 0.3) is 20.9 Å². The Bertz CT molecular complexity index is 1260. The standard InChI is InChI=1S/C18H11ClN4O3S/c19-13-11-7-3-4-8-12(11)27-15(13)18(26)23-22-17(25)14-9-5-1-2-6-10(9)16(24)21-20-14/h1-8H,(H,21,24)(H,22,25)(H,23,26). The number of aromatic nitrogens is 2. The van der Waals surface area contributed by atoms with Crippen LogP contribution in [-0.2, 0) is 0 Å². The number of rotatable bonds is 2. The zero-order valence-electron chi connectivity index (χ0n) is 13.6. The Kier molecular flexibility index (Phi) is 4.35. The lowest BCUT2D eigenvalue weighted by molar-refractivity contribution is 0.0846. The van der Waals surface area contributed by atoms with Crippen molar-refractivity contribution in [3.05, 3.63) is 74.5 Å². The van der Waals surface area contributed by atoms with Crippen molar-refractivity contribution in [3.8, 4) is 0 Å². The van der Waals surface area contributed by atoms with Crippen LogP contribution in [0, 0.1) is 0 Å². The van der Waals surface area contributed by atoms with E-state index in [2.05, 4.69) is 21.0 Å². The minimum absolute atomic E-state index is 0.00654. The van der Waals surface area contributed by atoms with Gasteiger partial charge in [-0.15, -0.1) is 11.3 Å². The van der Waals surface area contributed by atoms with Gasteiger partial charge in [0.05, 0.1) is 10.4 Å². The number of aromatic amines is 1. The Morgan fingerprint density at radius 2 is 1.56 bits per heavy atom. The fraction of sp³-hybridized carbons (Fsp3) is 0. The quantitative estimate of drug-likeness (QED) is 0.451. The summed E-state index contributed by atoms with van der Waals surface area (Å²) in [7, 11) is 0. The van der Waals surface area contributed by atoms with Gasteiger partial charge in [-0.05, 0) is 12.1 Å². The van der Waals surface area contributed by atoms with Crippen molar-refractivity contribution in [2.75, 3.05) is 0 Å². The molecule has 0 unspecified atom stereocenters. The molecule has 0 radical (unpaired) electrons. The first kappa shape index (κ1) is 17.2. The third-order valence-electron chi connectivity index (χ3n) is 3.94. The summed E-state index contributed by atoms with van der Waals surface area (Å²) in [5, 5.41) is 7.87. The van der Waals surface area contributed by atoms with Gasteiger partial charge in [-0.2, -0.15) is 5.10 Å². The fourth-order valence-electron chi connectivity index (χ4n) is 2.68. The highest BCUT2D eigenvalue weighted by atomic mass is 35.5. The molecule has 0 fully saturated rings. The fourth-order valence-corrected chi connectivity index (χ4v) is 4.09. The summed E-state index contributed by atoms with van der Waals surface area (Å²) in [4.78, 5) is 36.9. The number of nitrogens with one attached hydrogen (secondary N) is 3. The van der Waals surface area contributed by atoms with Gasteiger partial charge >= 0.3 is 0 Å². The van der Waals surface area contributed by atoms with Gasteiger partial charge in [0, 0.05) is 15.5 Å². The van der Waals surface area contributed by atoms with Gasteiger partial charge in [-0.1, -0.05) is 48.0 Å². The number of benzene rings is 2. The maximum absolute atomic E-state index is 12.4. The van der Waals surface area contributed by atoms with E-state index < -0.39 is 17.4 Å². The second-order valence-electron chi connectivity index (χ2n) is 5.60. The van der Waals surface area contributed by atoms with Crippen LogP contribution >= 0.6 is 22.9 Å². The lowest BCUT2D eigenvalue weighted by atomic mass is 10.1. The van der Waals surface area contributed by atoms with Crippen molar-refractivity contribution in [1.82, 2.24) is 21.0 Å². The molecule has 0 saturated carbocycles. The Morgan fingerprint density at radius 1 is 0.926 bits per heavy atom. The molecule has 9 heteroatoms. The first-order valence-corrected chi connectivity index (χ1v) is 9.01. The van der Waals surface area contributed by atoms with E-state index in [4.69, 9.17) is 11.6 Å². The molecule has 4 rings (SSSR count). The number of fused-ring (bicyclic) bond motifs is 2. The zero-order chi connectivity index (χ0) is 19.0. The molecule has 7 nitrogen and oxygen atoms in total. The third kappa shape index (κ3) is 3.05. The largest absolute Gasteiger partial charge is 0.290 e. The van der Waals surface area contributed by atoms with Gasteiger partial charge in [-0.25, -0.2) is 5.10 Å². The lowest BCUT2D eigenvalue weighted by Crippen LogP contribution is -2.42. The van der Waals surface area contributed by atoms with Crippen LogP contribution in [-0.4, -0.2) is 22.0 Å². The number of carbonyl (C=O) groups is 2. The van der Waals surface area contributed by atoms with E-state index in [1.165, 1.54) is 11.3 Å². The van der Waals surface area contributed by atoms with Gasteiger partial charge < -0.3 is 0 Å². The summed E-state index contributed by atoms with van der Waals surface area (Å²) < 4.78 is 0.868. The van der Waals surface area contributed by atoms with E-state index in [0.717, 1.165) is 10.1 Å². The van der Waals surface area contributed by atoms with Crippen LogP contribution in [0.1, 0.15) is 20.2 Å². The summed E-state index contributed by atoms with van der Waals surface area (Å²) in [5.41, 5.74) is 4.23. The molecule has 0 saturated heterocycles. The van der Waals surface area contributed by atoms with Gasteiger partial charge in [0.1, 0.15) is 4.88 Å². The number of halogens is 1. The number of H-pyrrole nitrogens is 1. The van der Waals surface area contributed by atoms with Gasteiger partial charge in [0.2, 0.25) is 0 Å². The Labute approximate surface area is 160 Å². The average Bonchev–Trinajstić information content (AvgIpc) is 3.03. The Morgan fingerprint density at radius 3 is 2.30 bits per heavy atom. The molecule has 4 aromatic rings. The van der Waals surface area contributed by atoms with E-state index >= 15 is 0 Å². The van der Waals surface area contributed by atoms with Crippen LogP contribution in [0.5, 0.6) is 0 Å². The molecule has 0 atom stereocenters. The van der Waals surface area contributed by atoms with Gasteiger partial charge in [-0.3, -0.25) is 25.2 Å². The molecular formula is C18H11ClN4O3S. The molecule has 0 aliphatic carbocycles. The first-order valence-electron chi connectivity index (χ1n) is 7.81. The first-order chi connectivity index (χ1) is 13.1. The molecule has 2 amide bonds. The number of hydrogen-bond acceptors (Lipinski definition) is 5. The number of carbonyl (C=O) groups excluding carboxylic acids is 2. The van der Waals surface area contributed by atoms with Crippen molar-refractivity contribution in [2.45, 2.75) is 0 Å². The molecule has 3 N–H and O–H groups in total. The van der Waals surface area contributed by atoms with E-state index in [9.17, 15) is 14.4 Å². The van der Waals surface area contributed by atoms with E-state index in [0.29, 0.717) is 15.8 Å². The molecule has 2 aromatic heterocycles. The smallest absolute Gasteiger partial charge is 0.267 e. The second-order valence-corrected chi connectivity index (χ2v) is 7.03. The molecule has 0 aliphatic heterocycles. The molecule has 27 heavy (non-hydrogen) atoms. The maximum Gasteiger partial charge on any atom is 0.290 e. The minimum atomic E-state index is -0.659. The summed E-state index contributed by atoms with van der Waals surface area (Å²) in [6.07, 6.45) is 0. The number of hydrazine groups is 1. The van der Waals surface area contributed by atoms with Crippen molar-refractivity contribution in [2.24, 2.45) is 0 Å². The van der Waals surface area contributed by atoms with Crippen LogP contribution in [0.4, 0.5) is 0 Å². The number of thiophene rings is 1. The monoisotopic (exact) mass is 398 g/mol. The van der Waals surface area contributed by atoms with E-state index in [1.54, 1.807) is 24.3 Å². The molecule has 0 aliphatic rings.